The van der Waals surface area contributed by atoms with E-state index in [1.165, 1.54) is 12.1 Å². The largest absolute Gasteiger partial charge is 0.466 e. The van der Waals surface area contributed by atoms with Crippen LogP contribution in [0.4, 0.5) is 4.39 Å². The summed E-state index contributed by atoms with van der Waals surface area (Å²) >= 11 is 0. The molecule has 5 nitrogen and oxygen atoms in total. The van der Waals surface area contributed by atoms with Crippen LogP contribution in [0.25, 0.3) is 28.1 Å². The molecule has 0 saturated heterocycles. The molecule has 0 fully saturated rings. The first kappa shape index (κ1) is 25.2. The molecular weight excluding hydrogens is 433 g/mol. The van der Waals surface area contributed by atoms with E-state index in [1.807, 2.05) is 31.2 Å². The molecule has 0 aliphatic carbocycles. The van der Waals surface area contributed by atoms with E-state index in [2.05, 4.69) is 24.5 Å². The lowest BCUT2D eigenvalue weighted by atomic mass is 10.0. The van der Waals surface area contributed by atoms with Crippen molar-refractivity contribution in [1.29, 1.82) is 0 Å². The second-order valence-electron chi connectivity index (χ2n) is 8.39. The van der Waals surface area contributed by atoms with Gasteiger partial charge in [-0.3, -0.25) is 9.59 Å². The Labute approximate surface area is 200 Å². The second-order valence-corrected chi connectivity index (χ2v) is 8.39. The average molecular weight is 466 g/mol. The predicted octanol–water partition coefficient (Wildman–Crippen LogP) is 6.71. The Morgan fingerprint density at radius 1 is 1.03 bits per heavy atom. The summed E-state index contributed by atoms with van der Waals surface area (Å²) in [5, 5.41) is 1.03. The van der Waals surface area contributed by atoms with Gasteiger partial charge in [0.2, 0.25) is 0 Å². The lowest BCUT2D eigenvalue weighted by Gasteiger charge is -2.16. The van der Waals surface area contributed by atoms with Crippen LogP contribution < -0.4 is 0 Å². The number of benzene rings is 2. The number of para-hydroxylation sites is 1. The summed E-state index contributed by atoms with van der Waals surface area (Å²) in [6.45, 7) is 8.08. The van der Waals surface area contributed by atoms with E-state index in [9.17, 15) is 14.0 Å². The number of fused-ring (bicyclic) bond motifs is 1. The molecule has 0 radical (unpaired) electrons. The third-order valence-electron chi connectivity index (χ3n) is 5.48. The molecular formula is C28H32FNO4. The Morgan fingerprint density at radius 3 is 2.38 bits per heavy atom. The molecule has 0 bridgehead atoms. The van der Waals surface area contributed by atoms with Crippen molar-refractivity contribution in [3.05, 3.63) is 66.1 Å². The molecule has 0 N–H and O–H groups in total. The van der Waals surface area contributed by atoms with Crippen LogP contribution in [0.1, 0.15) is 58.7 Å². The number of rotatable bonds is 10. The van der Waals surface area contributed by atoms with Gasteiger partial charge in [-0.1, -0.05) is 37.3 Å². The fourth-order valence-corrected chi connectivity index (χ4v) is 4.09. The van der Waals surface area contributed by atoms with Gasteiger partial charge < -0.3 is 14.0 Å². The number of nitrogens with zero attached hydrogens (tertiary/aromatic N) is 1. The predicted molar refractivity (Wildman–Crippen MR) is 133 cm³/mol. The third kappa shape index (κ3) is 5.93. The van der Waals surface area contributed by atoms with Gasteiger partial charge in [-0.15, -0.1) is 0 Å². The van der Waals surface area contributed by atoms with E-state index in [4.69, 9.17) is 9.47 Å². The Bertz CT molecular complexity index is 1140. The van der Waals surface area contributed by atoms with Gasteiger partial charge in [0.1, 0.15) is 11.9 Å². The minimum atomic E-state index is -0.752. The van der Waals surface area contributed by atoms with E-state index in [1.54, 1.807) is 25.1 Å². The van der Waals surface area contributed by atoms with Crippen LogP contribution in [0, 0.1) is 5.82 Å². The van der Waals surface area contributed by atoms with E-state index in [0.717, 1.165) is 27.7 Å². The zero-order valence-electron chi connectivity index (χ0n) is 20.2. The van der Waals surface area contributed by atoms with Crippen molar-refractivity contribution < 1.29 is 23.5 Å². The molecule has 1 heterocycles. The van der Waals surface area contributed by atoms with E-state index in [0.29, 0.717) is 6.42 Å². The van der Waals surface area contributed by atoms with Crippen molar-refractivity contribution in [2.24, 2.45) is 0 Å². The maximum atomic E-state index is 13.7. The number of hydrogen-bond acceptors (Lipinski definition) is 4. The molecule has 6 heteroatoms. The number of esters is 2. The van der Waals surface area contributed by atoms with E-state index in [-0.39, 0.29) is 37.3 Å². The number of carbonyl (C=O) groups excluding carboxylic acids is 2. The quantitative estimate of drug-likeness (QED) is 0.312. The maximum Gasteiger partial charge on any atom is 0.309 e. The molecule has 1 atom stereocenters. The molecule has 2 aromatic carbocycles. The molecule has 3 rings (SSSR count). The topological polar surface area (TPSA) is 57.5 Å². The van der Waals surface area contributed by atoms with Gasteiger partial charge in [-0.2, -0.15) is 0 Å². The Balaban J connectivity index is 2.12. The van der Waals surface area contributed by atoms with Crippen LogP contribution in [-0.4, -0.2) is 29.2 Å². The van der Waals surface area contributed by atoms with Crippen molar-refractivity contribution in [3.63, 3.8) is 0 Å². The monoisotopic (exact) mass is 465 g/mol. The van der Waals surface area contributed by atoms with Crippen molar-refractivity contribution in [1.82, 2.24) is 4.57 Å². The summed E-state index contributed by atoms with van der Waals surface area (Å²) in [5.74, 6) is -1.08. The molecule has 0 aliphatic heterocycles. The number of aromatic nitrogens is 1. The highest BCUT2D eigenvalue weighted by Crippen LogP contribution is 2.38. The van der Waals surface area contributed by atoms with Gasteiger partial charge in [0.15, 0.2) is 0 Å². The third-order valence-corrected chi connectivity index (χ3v) is 5.48. The highest BCUT2D eigenvalue weighted by Gasteiger charge is 2.21. The first-order valence-corrected chi connectivity index (χ1v) is 11.8. The van der Waals surface area contributed by atoms with Crippen molar-refractivity contribution >= 4 is 28.9 Å². The van der Waals surface area contributed by atoms with Gasteiger partial charge in [0.25, 0.3) is 0 Å². The minimum Gasteiger partial charge on any atom is -0.466 e. The highest BCUT2D eigenvalue weighted by atomic mass is 19.1. The van der Waals surface area contributed by atoms with Crippen LogP contribution in [0.15, 0.2) is 54.6 Å². The van der Waals surface area contributed by atoms with Crippen molar-refractivity contribution in [2.45, 2.75) is 59.1 Å². The van der Waals surface area contributed by atoms with Crippen molar-refractivity contribution in [3.8, 4) is 11.1 Å². The van der Waals surface area contributed by atoms with Gasteiger partial charge in [0.05, 0.1) is 13.0 Å². The first-order valence-electron chi connectivity index (χ1n) is 11.8. The summed E-state index contributed by atoms with van der Waals surface area (Å²) in [7, 11) is 0. The molecule has 0 aliphatic rings. The van der Waals surface area contributed by atoms with Crippen LogP contribution in [0.5, 0.6) is 0 Å². The smallest absolute Gasteiger partial charge is 0.309 e. The highest BCUT2D eigenvalue weighted by molar-refractivity contribution is 6.01. The van der Waals surface area contributed by atoms with Crippen LogP contribution in [0.2, 0.25) is 0 Å². The van der Waals surface area contributed by atoms with Crippen LogP contribution in [-0.2, 0) is 19.1 Å². The summed E-state index contributed by atoms with van der Waals surface area (Å²) in [5.41, 5.74) is 3.77. The molecule has 0 saturated carbocycles. The summed E-state index contributed by atoms with van der Waals surface area (Å²) in [4.78, 5) is 24.3. The molecule has 180 valence electrons. The molecule has 0 spiro atoms. The average Bonchev–Trinajstić information content (AvgIpc) is 3.12. The molecule has 0 unspecified atom stereocenters. The van der Waals surface area contributed by atoms with Gasteiger partial charge >= 0.3 is 11.9 Å². The first-order chi connectivity index (χ1) is 16.3. The minimum absolute atomic E-state index is 0.0619. The number of ether oxygens (including phenoxy) is 2. The number of carbonyl (C=O) groups is 2. The Morgan fingerprint density at radius 2 is 1.74 bits per heavy atom. The van der Waals surface area contributed by atoms with Crippen LogP contribution >= 0.6 is 0 Å². The van der Waals surface area contributed by atoms with Gasteiger partial charge in [-0.05, 0) is 63.1 Å². The molecule has 1 aromatic heterocycles. The van der Waals surface area contributed by atoms with E-state index < -0.39 is 12.1 Å². The molecule has 3 aromatic rings. The van der Waals surface area contributed by atoms with Crippen molar-refractivity contribution in [2.75, 3.05) is 6.61 Å². The lowest BCUT2D eigenvalue weighted by molar-refractivity contribution is -0.152. The Kier molecular flexibility index (Phi) is 8.63. The summed E-state index contributed by atoms with van der Waals surface area (Å²) in [6.07, 6.45) is 3.75. The summed E-state index contributed by atoms with van der Waals surface area (Å²) < 4.78 is 26.5. The van der Waals surface area contributed by atoms with Crippen LogP contribution in [0.3, 0.4) is 0 Å². The zero-order chi connectivity index (χ0) is 24.7. The fourth-order valence-electron chi connectivity index (χ4n) is 4.09. The number of halogens is 1. The lowest BCUT2D eigenvalue weighted by Crippen LogP contribution is -2.21. The molecule has 0 amide bonds. The van der Waals surface area contributed by atoms with Gasteiger partial charge in [0, 0.05) is 34.6 Å². The Hall–Kier alpha value is -3.41. The SMILES string of the molecule is CCCC(=O)O[C@H](C=Cc1c(-c2ccc(F)cc2)c2ccccc2n1C(C)C)CC(=O)OCC. The molecule has 34 heavy (non-hydrogen) atoms. The second kappa shape index (κ2) is 11.6. The zero-order valence-corrected chi connectivity index (χ0v) is 20.2. The summed E-state index contributed by atoms with van der Waals surface area (Å²) in [6, 6.07) is 14.6. The normalized spacial score (nSPS) is 12.4. The number of hydrogen-bond donors (Lipinski definition) is 0. The van der Waals surface area contributed by atoms with Gasteiger partial charge in [-0.25, -0.2) is 4.39 Å². The fraction of sp³-hybridized carbons (Fsp3) is 0.357. The standard InChI is InChI=1S/C28H32FNO4/c1-5-9-26(31)34-22(18-27(32)33-6-2)16-17-25-28(20-12-14-21(29)15-13-20)23-10-7-8-11-24(23)30(25)19(3)4/h7-8,10-17,19,22H,5-6,9,18H2,1-4H3/t22-/m1/s1. The van der Waals surface area contributed by atoms with E-state index >= 15 is 0 Å². The maximum absolute atomic E-state index is 13.7.